The quantitative estimate of drug-likeness (QED) is 0.800. The smallest absolute Gasteiger partial charge is 0.152 e. The number of aromatic nitrogens is 1. The van der Waals surface area contributed by atoms with Gasteiger partial charge in [0.05, 0.1) is 11.4 Å². The molecule has 1 aromatic carbocycles. The number of halogens is 1. The Kier molecular flexibility index (Phi) is 2.64. The standard InChI is InChI=1S/C16H16ClN3/c1-19-13-7-8-20(10-13)15-6-5-14(18-16(15)19)11-3-2-4-12(17)9-11/h2-6,9,13H,7-8,10H2,1H3/t13-/m0/s1. The van der Waals surface area contributed by atoms with E-state index in [2.05, 4.69) is 35.0 Å². The Labute approximate surface area is 123 Å². The van der Waals surface area contributed by atoms with Gasteiger partial charge in [-0.05, 0) is 30.7 Å². The highest BCUT2D eigenvalue weighted by Crippen LogP contribution is 2.39. The fourth-order valence-electron chi connectivity index (χ4n) is 3.21. The normalized spacial score (nSPS) is 20.2. The maximum absolute atomic E-state index is 6.08. The number of pyridine rings is 1. The lowest BCUT2D eigenvalue weighted by Gasteiger charge is -2.34. The van der Waals surface area contributed by atoms with Crippen LogP contribution in [0.3, 0.4) is 0 Å². The molecule has 102 valence electrons. The van der Waals surface area contributed by atoms with E-state index in [1.807, 2.05) is 18.2 Å². The fraction of sp³-hybridized carbons (Fsp3) is 0.312. The SMILES string of the molecule is CN1c2nc(-c3cccc(Cl)c3)ccc2N2CC[C@H]1C2. The number of hydrogen-bond donors (Lipinski definition) is 0. The summed E-state index contributed by atoms with van der Waals surface area (Å²) >= 11 is 6.08. The van der Waals surface area contributed by atoms with Crippen LogP contribution in [-0.4, -0.2) is 31.2 Å². The van der Waals surface area contributed by atoms with Gasteiger partial charge in [0.2, 0.25) is 0 Å². The number of nitrogens with zero attached hydrogens (tertiary/aromatic N) is 3. The Balaban J connectivity index is 1.82. The second kappa shape index (κ2) is 4.38. The molecule has 2 aliphatic heterocycles. The summed E-state index contributed by atoms with van der Waals surface area (Å²) in [5.41, 5.74) is 3.31. The maximum Gasteiger partial charge on any atom is 0.152 e. The van der Waals surface area contributed by atoms with E-state index in [0.29, 0.717) is 6.04 Å². The highest BCUT2D eigenvalue weighted by molar-refractivity contribution is 6.30. The Hall–Kier alpha value is -1.74. The molecule has 2 aliphatic rings. The van der Waals surface area contributed by atoms with E-state index in [1.165, 1.54) is 12.1 Å². The van der Waals surface area contributed by atoms with Gasteiger partial charge in [-0.1, -0.05) is 23.7 Å². The third-order valence-corrected chi connectivity index (χ3v) is 4.60. The average molecular weight is 286 g/mol. The monoisotopic (exact) mass is 285 g/mol. The summed E-state index contributed by atoms with van der Waals surface area (Å²) in [6, 6.07) is 12.8. The summed E-state index contributed by atoms with van der Waals surface area (Å²) < 4.78 is 0. The lowest BCUT2D eigenvalue weighted by molar-refractivity contribution is 0.673. The Morgan fingerprint density at radius 3 is 3.00 bits per heavy atom. The molecule has 0 spiro atoms. The number of benzene rings is 1. The zero-order valence-electron chi connectivity index (χ0n) is 11.4. The van der Waals surface area contributed by atoms with Crippen molar-refractivity contribution < 1.29 is 0 Å². The van der Waals surface area contributed by atoms with Crippen LogP contribution in [0.2, 0.25) is 5.02 Å². The van der Waals surface area contributed by atoms with Crippen molar-refractivity contribution in [1.82, 2.24) is 4.98 Å². The van der Waals surface area contributed by atoms with Gasteiger partial charge in [0.1, 0.15) is 0 Å². The molecule has 4 heteroatoms. The predicted octanol–water partition coefficient (Wildman–Crippen LogP) is 3.43. The molecular weight excluding hydrogens is 270 g/mol. The van der Waals surface area contributed by atoms with E-state index in [1.54, 1.807) is 0 Å². The van der Waals surface area contributed by atoms with Gasteiger partial charge in [0.15, 0.2) is 5.82 Å². The fourth-order valence-corrected chi connectivity index (χ4v) is 3.40. The summed E-state index contributed by atoms with van der Waals surface area (Å²) in [5, 5.41) is 0.749. The van der Waals surface area contributed by atoms with E-state index in [0.717, 1.165) is 35.2 Å². The Morgan fingerprint density at radius 1 is 1.25 bits per heavy atom. The highest BCUT2D eigenvalue weighted by Gasteiger charge is 2.34. The first-order valence-corrected chi connectivity index (χ1v) is 7.35. The molecule has 1 aromatic heterocycles. The maximum atomic E-state index is 6.08. The molecular formula is C16H16ClN3. The molecule has 2 bridgehead atoms. The third-order valence-electron chi connectivity index (χ3n) is 4.36. The molecule has 0 N–H and O–H groups in total. The Bertz CT molecular complexity index is 671. The summed E-state index contributed by atoms with van der Waals surface area (Å²) in [6.45, 7) is 2.27. The van der Waals surface area contributed by atoms with Crippen molar-refractivity contribution in [3.63, 3.8) is 0 Å². The van der Waals surface area contributed by atoms with Crippen LogP contribution in [0.5, 0.6) is 0 Å². The molecule has 4 rings (SSSR count). The van der Waals surface area contributed by atoms with Crippen LogP contribution in [0, 0.1) is 0 Å². The number of anilines is 2. The van der Waals surface area contributed by atoms with E-state index >= 15 is 0 Å². The zero-order chi connectivity index (χ0) is 13.7. The molecule has 0 aliphatic carbocycles. The van der Waals surface area contributed by atoms with Crippen molar-refractivity contribution in [3.8, 4) is 11.3 Å². The molecule has 0 saturated carbocycles. The largest absolute Gasteiger partial charge is 0.366 e. The molecule has 20 heavy (non-hydrogen) atoms. The summed E-state index contributed by atoms with van der Waals surface area (Å²) in [7, 11) is 2.15. The van der Waals surface area contributed by atoms with E-state index in [4.69, 9.17) is 16.6 Å². The van der Waals surface area contributed by atoms with Crippen LogP contribution in [0.15, 0.2) is 36.4 Å². The second-order valence-electron chi connectivity index (χ2n) is 5.55. The van der Waals surface area contributed by atoms with E-state index in [9.17, 15) is 0 Å². The molecule has 3 heterocycles. The van der Waals surface area contributed by atoms with Gasteiger partial charge in [0, 0.05) is 36.8 Å². The Morgan fingerprint density at radius 2 is 2.15 bits per heavy atom. The van der Waals surface area contributed by atoms with E-state index in [-0.39, 0.29) is 0 Å². The van der Waals surface area contributed by atoms with Crippen molar-refractivity contribution >= 4 is 23.1 Å². The van der Waals surface area contributed by atoms with Gasteiger partial charge in [-0.3, -0.25) is 0 Å². The van der Waals surface area contributed by atoms with Crippen molar-refractivity contribution in [2.24, 2.45) is 0 Å². The summed E-state index contributed by atoms with van der Waals surface area (Å²) in [4.78, 5) is 9.64. The molecule has 1 atom stereocenters. The first-order chi connectivity index (χ1) is 9.72. The molecule has 0 amide bonds. The first kappa shape index (κ1) is 12.0. The van der Waals surface area contributed by atoms with Crippen molar-refractivity contribution in [2.75, 3.05) is 29.9 Å². The lowest BCUT2D eigenvalue weighted by Crippen LogP contribution is -2.40. The average Bonchev–Trinajstić information content (AvgIpc) is 2.91. The third kappa shape index (κ3) is 1.77. The number of hydrogen-bond acceptors (Lipinski definition) is 3. The van der Waals surface area contributed by atoms with Crippen LogP contribution in [0.1, 0.15) is 6.42 Å². The first-order valence-electron chi connectivity index (χ1n) is 6.97. The van der Waals surface area contributed by atoms with Crippen LogP contribution < -0.4 is 9.80 Å². The van der Waals surface area contributed by atoms with Crippen molar-refractivity contribution in [2.45, 2.75) is 12.5 Å². The molecule has 0 unspecified atom stereocenters. The van der Waals surface area contributed by atoms with Gasteiger partial charge in [0.25, 0.3) is 0 Å². The number of rotatable bonds is 1. The molecule has 0 radical (unpaired) electrons. The van der Waals surface area contributed by atoms with Crippen molar-refractivity contribution in [3.05, 3.63) is 41.4 Å². The minimum atomic E-state index is 0.601. The molecule has 3 nitrogen and oxygen atoms in total. The lowest BCUT2D eigenvalue weighted by atomic mass is 10.1. The van der Waals surface area contributed by atoms with Gasteiger partial charge in [-0.15, -0.1) is 0 Å². The predicted molar refractivity (Wildman–Crippen MR) is 83.7 cm³/mol. The van der Waals surface area contributed by atoms with Crippen molar-refractivity contribution in [1.29, 1.82) is 0 Å². The minimum absolute atomic E-state index is 0.601. The zero-order valence-corrected chi connectivity index (χ0v) is 12.1. The van der Waals surface area contributed by atoms with Gasteiger partial charge in [-0.25, -0.2) is 4.98 Å². The van der Waals surface area contributed by atoms with Crippen LogP contribution in [0.25, 0.3) is 11.3 Å². The van der Waals surface area contributed by atoms with Gasteiger partial charge >= 0.3 is 0 Å². The molecule has 1 fully saturated rings. The summed E-state index contributed by atoms with van der Waals surface area (Å²) in [5.74, 6) is 1.09. The van der Waals surface area contributed by atoms with Crippen LogP contribution in [-0.2, 0) is 0 Å². The van der Waals surface area contributed by atoms with Gasteiger partial charge < -0.3 is 9.80 Å². The second-order valence-corrected chi connectivity index (χ2v) is 5.99. The number of likely N-dealkylation sites (N-methyl/N-ethyl adjacent to an activating group) is 1. The minimum Gasteiger partial charge on any atom is -0.366 e. The van der Waals surface area contributed by atoms with Gasteiger partial charge in [-0.2, -0.15) is 0 Å². The molecule has 2 aromatic rings. The number of fused-ring (bicyclic) bond motifs is 4. The highest BCUT2D eigenvalue weighted by atomic mass is 35.5. The molecule has 1 saturated heterocycles. The van der Waals surface area contributed by atoms with E-state index < -0.39 is 0 Å². The topological polar surface area (TPSA) is 19.4 Å². The summed E-state index contributed by atoms with van der Waals surface area (Å²) in [6.07, 6.45) is 1.22. The van der Waals surface area contributed by atoms with Crippen LogP contribution >= 0.6 is 11.6 Å². The van der Waals surface area contributed by atoms with Crippen LogP contribution in [0.4, 0.5) is 11.5 Å².